The zero-order valence-electron chi connectivity index (χ0n) is 6.19. The van der Waals surface area contributed by atoms with Crippen LogP contribution in [0.4, 0.5) is 0 Å². The van der Waals surface area contributed by atoms with E-state index in [0.717, 1.165) is 6.07 Å². The van der Waals surface area contributed by atoms with E-state index in [0.29, 0.717) is 0 Å². The van der Waals surface area contributed by atoms with Gasteiger partial charge < -0.3 is 10.2 Å². The Balaban J connectivity index is 3.20. The Morgan fingerprint density at radius 3 is 2.23 bits per heavy atom. The third kappa shape index (κ3) is 2.03. The Labute approximate surface area is 81.2 Å². The molecule has 1 rings (SSSR count). The molecule has 0 bridgehead atoms. The van der Waals surface area contributed by atoms with Gasteiger partial charge in [-0.05, 0) is 28.1 Å². The van der Waals surface area contributed by atoms with E-state index in [-0.39, 0.29) is 15.9 Å². The fraction of sp³-hybridized carbons (Fsp3) is 0. The molecule has 0 aliphatic rings. The summed E-state index contributed by atoms with van der Waals surface area (Å²) in [5.74, 6) is -2.35. The van der Waals surface area contributed by atoms with Gasteiger partial charge in [0.25, 0.3) is 0 Å². The highest BCUT2D eigenvalue weighted by Crippen LogP contribution is 2.14. The largest absolute Gasteiger partial charge is 0.478 e. The molecule has 0 aromatic carbocycles. The number of halogens is 1. The van der Waals surface area contributed by atoms with Gasteiger partial charge in [-0.1, -0.05) is 0 Å². The monoisotopic (exact) mass is 245 g/mol. The molecular weight excluding hydrogens is 242 g/mol. The molecule has 1 aromatic heterocycles. The van der Waals surface area contributed by atoms with Crippen LogP contribution in [0.2, 0.25) is 0 Å². The Morgan fingerprint density at radius 2 is 1.85 bits per heavy atom. The lowest BCUT2D eigenvalue weighted by molar-refractivity contribution is 0.0674. The van der Waals surface area contributed by atoms with Crippen LogP contribution in [0.5, 0.6) is 0 Å². The zero-order valence-corrected chi connectivity index (χ0v) is 7.78. The lowest BCUT2D eigenvalue weighted by atomic mass is 10.2. The van der Waals surface area contributed by atoms with Crippen molar-refractivity contribution in [2.24, 2.45) is 0 Å². The van der Waals surface area contributed by atoms with E-state index in [1.54, 1.807) is 0 Å². The minimum Gasteiger partial charge on any atom is -0.478 e. The number of carboxylic acid groups (broad SMARTS) is 2. The van der Waals surface area contributed by atoms with Crippen LogP contribution in [-0.4, -0.2) is 27.1 Å². The standard InChI is InChI=1S/C7H4BrNO4/c8-5-3(6(10)11)1-2-4(9-5)7(12)13/h1-2H,(H,10,11)(H,12,13). The van der Waals surface area contributed by atoms with Gasteiger partial charge in [0.1, 0.15) is 10.3 Å². The zero-order chi connectivity index (χ0) is 10.0. The molecule has 0 saturated carbocycles. The van der Waals surface area contributed by atoms with E-state index in [1.165, 1.54) is 6.07 Å². The van der Waals surface area contributed by atoms with Crippen LogP contribution in [0, 0.1) is 0 Å². The Hall–Kier alpha value is -1.43. The van der Waals surface area contributed by atoms with E-state index in [9.17, 15) is 9.59 Å². The van der Waals surface area contributed by atoms with Gasteiger partial charge >= 0.3 is 11.9 Å². The minimum absolute atomic E-state index is 0.0138. The SMILES string of the molecule is O=C(O)c1ccc(C(=O)O)c(Br)n1. The van der Waals surface area contributed by atoms with Crippen LogP contribution in [0.1, 0.15) is 20.8 Å². The summed E-state index contributed by atoms with van der Waals surface area (Å²) in [6.45, 7) is 0. The molecule has 6 heteroatoms. The number of carboxylic acids is 2. The second kappa shape index (κ2) is 3.53. The van der Waals surface area contributed by atoms with E-state index in [4.69, 9.17) is 10.2 Å². The maximum Gasteiger partial charge on any atom is 0.354 e. The Kier molecular flexibility index (Phi) is 2.62. The molecule has 0 atom stereocenters. The Bertz CT molecular complexity index is 377. The predicted molar refractivity (Wildman–Crippen MR) is 45.9 cm³/mol. The highest BCUT2D eigenvalue weighted by atomic mass is 79.9. The quantitative estimate of drug-likeness (QED) is 0.766. The molecule has 13 heavy (non-hydrogen) atoms. The van der Waals surface area contributed by atoms with Crippen molar-refractivity contribution in [3.05, 3.63) is 28.0 Å². The first kappa shape index (κ1) is 9.66. The highest BCUT2D eigenvalue weighted by molar-refractivity contribution is 9.10. The van der Waals surface area contributed by atoms with Crippen LogP contribution in [0.25, 0.3) is 0 Å². The van der Waals surface area contributed by atoms with Gasteiger partial charge in [-0.3, -0.25) is 0 Å². The molecule has 0 unspecified atom stereocenters. The molecule has 68 valence electrons. The van der Waals surface area contributed by atoms with Crippen molar-refractivity contribution in [3.8, 4) is 0 Å². The molecule has 2 N–H and O–H groups in total. The van der Waals surface area contributed by atoms with Gasteiger partial charge in [-0.15, -0.1) is 0 Å². The normalized spacial score (nSPS) is 9.62. The highest BCUT2D eigenvalue weighted by Gasteiger charge is 2.12. The molecule has 0 spiro atoms. The van der Waals surface area contributed by atoms with Crippen molar-refractivity contribution < 1.29 is 19.8 Å². The Morgan fingerprint density at radius 1 is 1.23 bits per heavy atom. The van der Waals surface area contributed by atoms with E-state index < -0.39 is 11.9 Å². The summed E-state index contributed by atoms with van der Waals surface area (Å²) < 4.78 is 0.0138. The molecule has 5 nitrogen and oxygen atoms in total. The first-order valence-electron chi connectivity index (χ1n) is 3.15. The minimum atomic E-state index is -1.20. The van der Waals surface area contributed by atoms with Crippen molar-refractivity contribution in [2.75, 3.05) is 0 Å². The third-order valence-electron chi connectivity index (χ3n) is 1.30. The summed E-state index contributed by atoms with van der Waals surface area (Å²) in [6, 6.07) is 2.32. The van der Waals surface area contributed by atoms with Crippen molar-refractivity contribution in [3.63, 3.8) is 0 Å². The summed E-state index contributed by atoms with van der Waals surface area (Å²) in [6.07, 6.45) is 0. The van der Waals surface area contributed by atoms with E-state index in [1.807, 2.05) is 0 Å². The van der Waals surface area contributed by atoms with Gasteiger partial charge in [0.05, 0.1) is 5.56 Å². The molecule has 1 heterocycles. The average molecular weight is 246 g/mol. The van der Waals surface area contributed by atoms with Gasteiger partial charge in [0, 0.05) is 0 Å². The molecular formula is C7H4BrNO4. The summed E-state index contributed by atoms with van der Waals surface area (Å²) in [5.41, 5.74) is -0.262. The van der Waals surface area contributed by atoms with E-state index >= 15 is 0 Å². The number of nitrogens with zero attached hydrogens (tertiary/aromatic N) is 1. The molecule has 0 radical (unpaired) electrons. The maximum atomic E-state index is 10.5. The first-order valence-corrected chi connectivity index (χ1v) is 3.95. The first-order chi connectivity index (χ1) is 6.02. The molecule has 0 saturated heterocycles. The lowest BCUT2D eigenvalue weighted by Gasteiger charge is -1.98. The lowest BCUT2D eigenvalue weighted by Crippen LogP contribution is -2.05. The third-order valence-corrected chi connectivity index (χ3v) is 1.90. The van der Waals surface area contributed by atoms with Crippen LogP contribution in [-0.2, 0) is 0 Å². The number of carbonyl (C=O) groups is 2. The van der Waals surface area contributed by atoms with Crippen LogP contribution in [0.3, 0.4) is 0 Å². The number of aromatic nitrogens is 1. The summed E-state index contributed by atoms with van der Waals surface area (Å²) in [5, 5.41) is 17.1. The fourth-order valence-electron chi connectivity index (χ4n) is 0.713. The number of hydrogen-bond donors (Lipinski definition) is 2. The van der Waals surface area contributed by atoms with Gasteiger partial charge in [-0.2, -0.15) is 0 Å². The molecule has 0 amide bonds. The van der Waals surface area contributed by atoms with Crippen molar-refractivity contribution >= 4 is 27.9 Å². The number of pyridine rings is 1. The average Bonchev–Trinajstić information content (AvgIpc) is 2.03. The number of rotatable bonds is 2. The van der Waals surface area contributed by atoms with Crippen LogP contribution < -0.4 is 0 Å². The molecule has 0 aliphatic heterocycles. The second-order valence-electron chi connectivity index (χ2n) is 2.15. The number of hydrogen-bond acceptors (Lipinski definition) is 3. The van der Waals surface area contributed by atoms with Gasteiger partial charge in [0.2, 0.25) is 0 Å². The summed E-state index contributed by atoms with van der Waals surface area (Å²) >= 11 is 2.86. The smallest absolute Gasteiger partial charge is 0.354 e. The van der Waals surface area contributed by atoms with E-state index in [2.05, 4.69) is 20.9 Å². The molecule has 1 aromatic rings. The summed E-state index contributed by atoms with van der Waals surface area (Å²) in [7, 11) is 0. The van der Waals surface area contributed by atoms with Crippen LogP contribution in [0.15, 0.2) is 16.7 Å². The van der Waals surface area contributed by atoms with Crippen LogP contribution >= 0.6 is 15.9 Å². The predicted octanol–water partition coefficient (Wildman–Crippen LogP) is 1.24. The number of aromatic carboxylic acids is 2. The topological polar surface area (TPSA) is 87.5 Å². The summed E-state index contributed by atoms with van der Waals surface area (Å²) in [4.78, 5) is 24.4. The second-order valence-corrected chi connectivity index (χ2v) is 2.90. The van der Waals surface area contributed by atoms with Gasteiger partial charge in [-0.25, -0.2) is 14.6 Å². The molecule has 0 aliphatic carbocycles. The molecule has 0 fully saturated rings. The fourth-order valence-corrected chi connectivity index (χ4v) is 1.21. The maximum absolute atomic E-state index is 10.5. The van der Waals surface area contributed by atoms with Crippen molar-refractivity contribution in [2.45, 2.75) is 0 Å². The van der Waals surface area contributed by atoms with Crippen molar-refractivity contribution in [1.29, 1.82) is 0 Å². The van der Waals surface area contributed by atoms with Gasteiger partial charge in [0.15, 0.2) is 0 Å². The van der Waals surface area contributed by atoms with Crippen molar-refractivity contribution in [1.82, 2.24) is 4.98 Å².